The number of likely N-dealkylation sites (tertiary alicyclic amines) is 1. The number of rotatable bonds is 5. The van der Waals surface area contributed by atoms with Crippen LogP contribution in [0.5, 0.6) is 0 Å². The average Bonchev–Trinajstić information content (AvgIpc) is 3.64. The van der Waals surface area contributed by atoms with Crippen molar-refractivity contribution >= 4 is 28.5 Å². The molecule has 0 spiro atoms. The molecule has 3 N–H and O–H groups in total. The van der Waals surface area contributed by atoms with Crippen LogP contribution in [-0.2, 0) is 0 Å². The maximum Gasteiger partial charge on any atom is 0.229 e. The van der Waals surface area contributed by atoms with E-state index < -0.39 is 0 Å². The fourth-order valence-corrected chi connectivity index (χ4v) is 4.93. The molecular weight excluding hydrogens is 429 g/mol. The van der Waals surface area contributed by atoms with Gasteiger partial charge < -0.3 is 16.0 Å². The maximum absolute atomic E-state index is 15.4. The first kappa shape index (κ1) is 21.0. The Morgan fingerprint density at radius 1 is 0.971 bits per heavy atom. The Kier molecular flexibility index (Phi) is 5.17. The number of pyridine rings is 1. The van der Waals surface area contributed by atoms with Crippen molar-refractivity contribution in [2.75, 3.05) is 31.2 Å². The minimum Gasteiger partial charge on any atom is -0.384 e. The zero-order chi connectivity index (χ0) is 23.2. The molecule has 3 aromatic heterocycles. The summed E-state index contributed by atoms with van der Waals surface area (Å²) in [5.41, 5.74) is 9.31. The van der Waals surface area contributed by atoms with E-state index in [1.54, 1.807) is 16.8 Å². The van der Waals surface area contributed by atoms with Crippen LogP contribution in [0, 0.1) is 5.82 Å². The second-order valence-electron chi connectivity index (χ2n) is 9.49. The molecule has 2 fully saturated rings. The SMILES string of the molecule is CN1CCC(c2ccc(Nc3ncc4c(F)c(C5CC5)n(-c5cccc(N)n5)c4n3)cc2)CC1. The van der Waals surface area contributed by atoms with Gasteiger partial charge in [0, 0.05) is 17.8 Å². The highest BCUT2D eigenvalue weighted by atomic mass is 19.1. The molecule has 0 radical (unpaired) electrons. The second-order valence-corrected chi connectivity index (χ2v) is 9.49. The first-order valence-corrected chi connectivity index (χ1v) is 11.9. The summed E-state index contributed by atoms with van der Waals surface area (Å²) in [4.78, 5) is 15.9. The van der Waals surface area contributed by atoms with Gasteiger partial charge in [0.05, 0.1) is 11.1 Å². The lowest BCUT2D eigenvalue weighted by atomic mass is 9.89. The molecule has 6 rings (SSSR count). The lowest BCUT2D eigenvalue weighted by molar-refractivity contribution is 0.255. The van der Waals surface area contributed by atoms with Gasteiger partial charge in [0.2, 0.25) is 5.95 Å². The van der Waals surface area contributed by atoms with Crippen molar-refractivity contribution in [1.29, 1.82) is 0 Å². The number of fused-ring (bicyclic) bond motifs is 1. The summed E-state index contributed by atoms with van der Waals surface area (Å²) in [6.45, 7) is 2.28. The minimum absolute atomic E-state index is 0.168. The quantitative estimate of drug-likeness (QED) is 0.440. The van der Waals surface area contributed by atoms with Crippen molar-refractivity contribution in [2.45, 2.75) is 37.5 Å². The molecule has 174 valence electrons. The molecule has 8 heteroatoms. The van der Waals surface area contributed by atoms with Crippen molar-refractivity contribution in [2.24, 2.45) is 0 Å². The number of anilines is 3. The number of nitrogens with one attached hydrogen (secondary N) is 1. The van der Waals surface area contributed by atoms with Crippen molar-refractivity contribution in [3.05, 3.63) is 65.7 Å². The average molecular weight is 458 g/mol. The van der Waals surface area contributed by atoms with Crippen LogP contribution in [0.4, 0.5) is 21.8 Å². The van der Waals surface area contributed by atoms with Crippen LogP contribution in [0.1, 0.15) is 48.8 Å². The van der Waals surface area contributed by atoms with Crippen LogP contribution in [-0.4, -0.2) is 44.6 Å². The lowest BCUT2D eigenvalue weighted by Gasteiger charge is -2.29. The molecule has 34 heavy (non-hydrogen) atoms. The van der Waals surface area contributed by atoms with E-state index in [1.807, 2.05) is 12.1 Å². The van der Waals surface area contributed by atoms with Crippen LogP contribution in [0.3, 0.4) is 0 Å². The van der Waals surface area contributed by atoms with Gasteiger partial charge in [-0.05, 0) is 81.6 Å². The highest BCUT2D eigenvalue weighted by molar-refractivity contribution is 5.81. The molecule has 0 bridgehead atoms. The van der Waals surface area contributed by atoms with Gasteiger partial charge in [0.15, 0.2) is 11.5 Å². The maximum atomic E-state index is 15.4. The van der Waals surface area contributed by atoms with Crippen LogP contribution < -0.4 is 11.1 Å². The third-order valence-corrected chi connectivity index (χ3v) is 6.99. The molecule has 1 aliphatic carbocycles. The van der Waals surface area contributed by atoms with Gasteiger partial charge >= 0.3 is 0 Å². The first-order chi connectivity index (χ1) is 16.6. The molecule has 7 nitrogen and oxygen atoms in total. The second kappa shape index (κ2) is 8.36. The monoisotopic (exact) mass is 457 g/mol. The molecule has 1 aromatic carbocycles. The van der Waals surface area contributed by atoms with Gasteiger partial charge in [0.25, 0.3) is 0 Å². The molecular formula is C26H28FN7. The van der Waals surface area contributed by atoms with Crippen LogP contribution in [0.2, 0.25) is 0 Å². The number of piperidine rings is 1. The van der Waals surface area contributed by atoms with Crippen LogP contribution in [0.15, 0.2) is 48.7 Å². The smallest absolute Gasteiger partial charge is 0.229 e. The van der Waals surface area contributed by atoms with Crippen molar-refractivity contribution in [3.63, 3.8) is 0 Å². The number of halogens is 1. The predicted molar refractivity (Wildman–Crippen MR) is 132 cm³/mol. The van der Waals surface area contributed by atoms with E-state index in [9.17, 15) is 0 Å². The molecule has 0 unspecified atom stereocenters. The standard InChI is InChI=1S/C26H28FN7/c1-33-13-11-17(12-14-33)16-7-9-19(10-8-16)30-26-29-15-20-23(27)24(18-5-6-18)34(25(20)32-26)22-4-2-3-21(28)31-22/h2-4,7-10,15,17-18H,5-6,11-14H2,1H3,(H2,28,31)(H,29,30,32). The van der Waals surface area contributed by atoms with E-state index in [0.717, 1.165) is 31.6 Å². The normalized spacial score (nSPS) is 17.4. The lowest BCUT2D eigenvalue weighted by Crippen LogP contribution is -2.29. The Bertz CT molecular complexity index is 1340. The molecule has 4 heterocycles. The number of nitrogens with two attached hydrogens (primary N) is 1. The van der Waals surface area contributed by atoms with Crippen molar-refractivity contribution in [1.82, 2.24) is 24.4 Å². The van der Waals surface area contributed by atoms with Crippen molar-refractivity contribution in [3.8, 4) is 5.82 Å². The number of benzene rings is 1. The fraction of sp³-hybridized carbons (Fsp3) is 0.346. The summed E-state index contributed by atoms with van der Waals surface area (Å²) < 4.78 is 17.2. The minimum atomic E-state index is -0.268. The number of nitrogens with zero attached hydrogens (tertiary/aromatic N) is 5. The van der Waals surface area contributed by atoms with Gasteiger partial charge in [-0.3, -0.25) is 4.57 Å². The summed E-state index contributed by atoms with van der Waals surface area (Å²) >= 11 is 0. The van der Waals surface area contributed by atoms with Crippen molar-refractivity contribution < 1.29 is 4.39 Å². The van der Waals surface area contributed by atoms with Gasteiger partial charge in [-0.2, -0.15) is 4.98 Å². The van der Waals surface area contributed by atoms with Gasteiger partial charge in [-0.15, -0.1) is 0 Å². The Hall–Kier alpha value is -3.52. The topological polar surface area (TPSA) is 84.9 Å². The molecule has 0 atom stereocenters. The largest absolute Gasteiger partial charge is 0.384 e. The highest BCUT2D eigenvalue weighted by Crippen LogP contribution is 2.45. The Morgan fingerprint density at radius 2 is 1.74 bits per heavy atom. The molecule has 2 aliphatic rings. The zero-order valence-corrected chi connectivity index (χ0v) is 19.2. The predicted octanol–water partition coefficient (Wildman–Crippen LogP) is 4.97. The summed E-state index contributed by atoms with van der Waals surface area (Å²) in [7, 11) is 2.18. The van der Waals surface area contributed by atoms with Crippen LogP contribution >= 0.6 is 0 Å². The molecule has 1 aliphatic heterocycles. The van der Waals surface area contributed by atoms with E-state index >= 15 is 4.39 Å². The summed E-state index contributed by atoms with van der Waals surface area (Å²) in [6.07, 6.45) is 5.84. The zero-order valence-electron chi connectivity index (χ0n) is 19.2. The van der Waals surface area contributed by atoms with E-state index in [4.69, 9.17) is 10.7 Å². The van der Waals surface area contributed by atoms with Gasteiger partial charge in [-0.1, -0.05) is 18.2 Å². The van der Waals surface area contributed by atoms with Gasteiger partial charge in [-0.25, -0.2) is 14.4 Å². The summed E-state index contributed by atoms with van der Waals surface area (Å²) in [5.74, 6) is 1.89. The number of hydrogen-bond acceptors (Lipinski definition) is 6. The van der Waals surface area contributed by atoms with E-state index in [-0.39, 0.29) is 11.7 Å². The Balaban J connectivity index is 1.33. The molecule has 0 amide bonds. The van der Waals surface area contributed by atoms with Crippen LogP contribution in [0.25, 0.3) is 16.9 Å². The molecule has 1 saturated heterocycles. The Morgan fingerprint density at radius 3 is 2.44 bits per heavy atom. The third kappa shape index (κ3) is 3.88. The first-order valence-electron chi connectivity index (χ1n) is 11.9. The van der Waals surface area contributed by atoms with E-state index in [1.165, 1.54) is 18.4 Å². The number of nitrogen functional groups attached to an aromatic ring is 1. The number of hydrogen-bond donors (Lipinski definition) is 2. The summed E-state index contributed by atoms with van der Waals surface area (Å²) in [6, 6.07) is 13.9. The third-order valence-electron chi connectivity index (χ3n) is 6.99. The highest BCUT2D eigenvalue weighted by Gasteiger charge is 2.34. The number of aromatic nitrogens is 4. The Labute approximate surface area is 197 Å². The van der Waals surface area contributed by atoms with E-state index in [0.29, 0.717) is 40.2 Å². The fourth-order valence-electron chi connectivity index (χ4n) is 4.93. The van der Waals surface area contributed by atoms with Gasteiger partial charge in [0.1, 0.15) is 11.6 Å². The molecule has 4 aromatic rings. The summed E-state index contributed by atoms with van der Waals surface area (Å²) in [5, 5.41) is 3.68. The van der Waals surface area contributed by atoms with E-state index in [2.05, 4.69) is 51.5 Å². The molecule has 1 saturated carbocycles.